The lowest BCUT2D eigenvalue weighted by Gasteiger charge is -1.99. The molecule has 8 heavy (non-hydrogen) atoms. The molecule has 0 atom stereocenters. The average Bonchev–Trinajstić information content (AvgIpc) is 1.31. The molecule has 1 N–H and O–H groups in total. The minimum atomic E-state index is -2.17. The van der Waals surface area contributed by atoms with Gasteiger partial charge in [-0.05, 0) is 0 Å². The third-order valence-electron chi connectivity index (χ3n) is 0.243. The van der Waals surface area contributed by atoms with Crippen LogP contribution in [-0.4, -0.2) is 14.9 Å². The molecule has 0 aromatic carbocycles. The van der Waals surface area contributed by atoms with E-state index in [9.17, 15) is 4.79 Å². The van der Waals surface area contributed by atoms with E-state index in [4.69, 9.17) is 39.9 Å². The van der Waals surface area contributed by atoms with Crippen LogP contribution >= 0.6 is 51.8 Å². The molecular formula is C2H2BrCl3O2. The summed E-state index contributed by atoms with van der Waals surface area (Å²) in [6.07, 6.45) is 0. The van der Waals surface area contributed by atoms with Gasteiger partial charge in [0.2, 0.25) is 0 Å². The summed E-state index contributed by atoms with van der Waals surface area (Å²) < 4.78 is -2.17. The molecule has 0 radical (unpaired) electrons. The van der Waals surface area contributed by atoms with Gasteiger partial charge in [0.05, 0.1) is 0 Å². The van der Waals surface area contributed by atoms with Gasteiger partial charge < -0.3 is 5.11 Å². The zero-order valence-electron chi connectivity index (χ0n) is 3.40. The summed E-state index contributed by atoms with van der Waals surface area (Å²) >= 11 is 14.4. The summed E-state index contributed by atoms with van der Waals surface area (Å²) in [7, 11) is 0. The number of halogens is 4. The molecule has 0 aromatic rings. The molecule has 0 amide bonds. The highest BCUT2D eigenvalue weighted by molar-refractivity contribution is 8.93. The van der Waals surface area contributed by atoms with Crippen molar-refractivity contribution in [3.05, 3.63) is 0 Å². The van der Waals surface area contributed by atoms with Crippen molar-refractivity contribution < 1.29 is 9.90 Å². The summed E-state index contributed by atoms with van der Waals surface area (Å²) in [5.74, 6) is -1.46. The fraction of sp³-hybridized carbons (Fsp3) is 0.500. The van der Waals surface area contributed by atoms with Gasteiger partial charge in [0.25, 0.3) is 3.79 Å². The van der Waals surface area contributed by atoms with Crippen molar-refractivity contribution in [1.82, 2.24) is 0 Å². The second-order valence-electron chi connectivity index (χ2n) is 0.803. The Balaban J connectivity index is 0. The predicted octanol–water partition coefficient (Wildman–Crippen LogP) is 2.02. The van der Waals surface area contributed by atoms with Crippen LogP contribution in [0, 0.1) is 0 Å². The molecule has 0 aliphatic heterocycles. The maximum absolute atomic E-state index is 9.62. The number of carbonyl (C=O) groups is 1. The normalized spacial score (nSPS) is 9.88. The second-order valence-corrected chi connectivity index (χ2v) is 3.08. The zero-order chi connectivity index (χ0) is 6.08. The van der Waals surface area contributed by atoms with E-state index >= 15 is 0 Å². The summed E-state index contributed by atoms with van der Waals surface area (Å²) in [6.45, 7) is 0. The topological polar surface area (TPSA) is 37.3 Å². The van der Waals surface area contributed by atoms with Crippen LogP contribution in [0.5, 0.6) is 0 Å². The first-order valence-electron chi connectivity index (χ1n) is 1.24. The molecular weight excluding hydrogens is 242 g/mol. The molecule has 0 fully saturated rings. The van der Waals surface area contributed by atoms with Gasteiger partial charge in [0.15, 0.2) is 0 Å². The van der Waals surface area contributed by atoms with E-state index in [1.807, 2.05) is 0 Å². The van der Waals surface area contributed by atoms with Gasteiger partial charge in [-0.25, -0.2) is 4.79 Å². The first-order chi connectivity index (χ1) is 2.94. The highest BCUT2D eigenvalue weighted by Gasteiger charge is 2.29. The molecule has 50 valence electrons. The fourth-order valence-corrected chi connectivity index (χ4v) is 0. The summed E-state index contributed by atoms with van der Waals surface area (Å²) in [6, 6.07) is 0. The van der Waals surface area contributed by atoms with E-state index in [0.717, 1.165) is 0 Å². The lowest BCUT2D eigenvalue weighted by molar-refractivity contribution is -0.135. The number of hydrogen-bond donors (Lipinski definition) is 1. The van der Waals surface area contributed by atoms with Gasteiger partial charge >= 0.3 is 5.97 Å². The number of alkyl halides is 3. The number of rotatable bonds is 0. The number of aliphatic carboxylic acids is 1. The third-order valence-corrected chi connectivity index (χ3v) is 0.728. The van der Waals surface area contributed by atoms with Crippen molar-refractivity contribution in [2.24, 2.45) is 0 Å². The smallest absolute Gasteiger partial charge is 0.356 e. The van der Waals surface area contributed by atoms with E-state index in [2.05, 4.69) is 0 Å². The van der Waals surface area contributed by atoms with E-state index < -0.39 is 9.76 Å². The molecule has 0 saturated heterocycles. The molecule has 0 saturated carbocycles. The molecule has 2 nitrogen and oxygen atoms in total. The molecule has 0 heterocycles. The Hall–Kier alpha value is 0.820. The first kappa shape index (κ1) is 11.6. The van der Waals surface area contributed by atoms with Crippen LogP contribution in [0.15, 0.2) is 0 Å². The van der Waals surface area contributed by atoms with E-state index in [-0.39, 0.29) is 17.0 Å². The average molecular weight is 244 g/mol. The molecule has 0 spiro atoms. The zero-order valence-corrected chi connectivity index (χ0v) is 7.38. The second kappa shape index (κ2) is 3.77. The van der Waals surface area contributed by atoms with Crippen molar-refractivity contribution in [2.75, 3.05) is 0 Å². The standard InChI is InChI=1S/C2HCl3O2.BrH/c3-2(4,5)1(6)7;/h(H,6,7);1H. The highest BCUT2D eigenvalue weighted by Crippen LogP contribution is 2.25. The van der Waals surface area contributed by atoms with Crippen LogP contribution in [0.25, 0.3) is 0 Å². The summed E-state index contributed by atoms with van der Waals surface area (Å²) in [5, 5.41) is 7.85. The summed E-state index contributed by atoms with van der Waals surface area (Å²) in [5.41, 5.74) is 0. The van der Waals surface area contributed by atoms with Gasteiger partial charge in [-0.2, -0.15) is 0 Å². The van der Waals surface area contributed by atoms with E-state index in [1.165, 1.54) is 0 Å². The number of hydrogen-bond acceptors (Lipinski definition) is 1. The highest BCUT2D eigenvalue weighted by atomic mass is 79.9. The largest absolute Gasteiger partial charge is 0.478 e. The number of carboxylic acids is 1. The van der Waals surface area contributed by atoms with Gasteiger partial charge in [-0.15, -0.1) is 17.0 Å². The first-order valence-corrected chi connectivity index (χ1v) is 2.38. The molecule has 0 rings (SSSR count). The molecule has 6 heteroatoms. The van der Waals surface area contributed by atoms with E-state index in [0.29, 0.717) is 0 Å². The molecule has 0 aliphatic carbocycles. The monoisotopic (exact) mass is 242 g/mol. The van der Waals surface area contributed by atoms with Crippen molar-refractivity contribution in [3.63, 3.8) is 0 Å². The molecule has 0 aliphatic rings. The lowest BCUT2D eigenvalue weighted by atomic mass is 10.8. The quantitative estimate of drug-likeness (QED) is 0.662. The van der Waals surface area contributed by atoms with Gasteiger partial charge in [0, 0.05) is 0 Å². The fourth-order valence-electron chi connectivity index (χ4n) is 0. The van der Waals surface area contributed by atoms with Crippen molar-refractivity contribution in [1.29, 1.82) is 0 Å². The Kier molecular flexibility index (Phi) is 5.47. The Labute approximate surface area is 71.5 Å². The van der Waals surface area contributed by atoms with Crippen molar-refractivity contribution in [3.8, 4) is 0 Å². The minimum absolute atomic E-state index is 0. The maximum Gasteiger partial charge on any atom is 0.356 e. The Morgan fingerprint density at radius 1 is 1.38 bits per heavy atom. The van der Waals surface area contributed by atoms with Crippen LogP contribution in [0.4, 0.5) is 0 Å². The Bertz CT molecular complexity index is 87.8. The van der Waals surface area contributed by atoms with Crippen LogP contribution in [-0.2, 0) is 4.79 Å². The van der Waals surface area contributed by atoms with Gasteiger partial charge in [-0.3, -0.25) is 0 Å². The van der Waals surface area contributed by atoms with Crippen LogP contribution < -0.4 is 0 Å². The maximum atomic E-state index is 9.62. The Morgan fingerprint density at radius 3 is 1.50 bits per heavy atom. The summed E-state index contributed by atoms with van der Waals surface area (Å²) in [4.78, 5) is 9.62. The van der Waals surface area contributed by atoms with E-state index in [1.54, 1.807) is 0 Å². The van der Waals surface area contributed by atoms with Crippen molar-refractivity contribution >= 4 is 57.8 Å². The van der Waals surface area contributed by atoms with Crippen LogP contribution in [0.2, 0.25) is 0 Å². The lowest BCUT2D eigenvalue weighted by Crippen LogP contribution is -2.16. The van der Waals surface area contributed by atoms with Gasteiger partial charge in [0.1, 0.15) is 0 Å². The van der Waals surface area contributed by atoms with Gasteiger partial charge in [-0.1, -0.05) is 34.8 Å². The SMILES string of the molecule is Br.O=C(O)C(Cl)(Cl)Cl. The third kappa shape index (κ3) is 4.97. The van der Waals surface area contributed by atoms with Crippen LogP contribution in [0.3, 0.4) is 0 Å². The van der Waals surface area contributed by atoms with Crippen molar-refractivity contribution in [2.45, 2.75) is 3.79 Å². The number of carboxylic acid groups (broad SMARTS) is 1. The predicted molar refractivity (Wildman–Crippen MR) is 38.2 cm³/mol. The molecule has 0 bridgehead atoms. The van der Waals surface area contributed by atoms with Crippen LogP contribution in [0.1, 0.15) is 0 Å². The molecule has 0 aromatic heterocycles. The Morgan fingerprint density at radius 2 is 1.50 bits per heavy atom. The molecule has 0 unspecified atom stereocenters. The minimum Gasteiger partial charge on any atom is -0.478 e.